The molecule has 2 atom stereocenters. The van der Waals surface area contributed by atoms with Gasteiger partial charge in [0.25, 0.3) is 0 Å². The van der Waals surface area contributed by atoms with Crippen LogP contribution in [-0.4, -0.2) is 10.4 Å². The van der Waals surface area contributed by atoms with Gasteiger partial charge >= 0.3 is 0 Å². The van der Waals surface area contributed by atoms with Gasteiger partial charge in [0.1, 0.15) is 29.3 Å². The molecule has 6 heteroatoms. The largest absolute Gasteiger partial charge is 0.456 e. The van der Waals surface area contributed by atoms with Crippen molar-refractivity contribution in [3.63, 3.8) is 0 Å². The SMILES string of the molecule is c1ccc(C2=NC(c3cccc4c3oc3cccc(-c5cccc6sc7ccc(-n8c9ccccc9c9ccccc98)cc7c56)c34)NC(c3ccccc3)N2)cc1. The molecule has 2 N–H and O–H groups in total. The Balaban J connectivity index is 1.04. The molecule has 11 aromatic rings. The Hall–Kier alpha value is -6.99. The van der Waals surface area contributed by atoms with Crippen LogP contribution < -0.4 is 10.6 Å². The van der Waals surface area contributed by atoms with E-state index in [4.69, 9.17) is 9.41 Å². The minimum absolute atomic E-state index is 0.143. The van der Waals surface area contributed by atoms with E-state index in [9.17, 15) is 0 Å². The van der Waals surface area contributed by atoms with Gasteiger partial charge in [-0.15, -0.1) is 11.3 Å². The maximum Gasteiger partial charge on any atom is 0.142 e. The number of fused-ring (bicyclic) bond motifs is 9. The number of furan rings is 1. The third-order valence-electron chi connectivity index (χ3n) is 11.5. The van der Waals surface area contributed by atoms with Crippen LogP contribution in [0.25, 0.3) is 80.7 Å². The summed E-state index contributed by atoms with van der Waals surface area (Å²) in [5.74, 6) is 0.846. The third-order valence-corrected chi connectivity index (χ3v) is 12.6. The van der Waals surface area contributed by atoms with Crippen LogP contribution in [0.1, 0.15) is 29.0 Å². The van der Waals surface area contributed by atoms with Crippen LogP contribution in [0.2, 0.25) is 0 Å². The van der Waals surface area contributed by atoms with E-state index in [0.29, 0.717) is 0 Å². The number of rotatable bonds is 5. The smallest absolute Gasteiger partial charge is 0.142 e. The molecule has 4 heterocycles. The predicted octanol–water partition coefficient (Wildman–Crippen LogP) is 13.1. The topological polar surface area (TPSA) is 54.5 Å². The second-order valence-corrected chi connectivity index (χ2v) is 15.8. The van der Waals surface area contributed by atoms with E-state index in [0.717, 1.165) is 55.7 Å². The summed E-state index contributed by atoms with van der Waals surface area (Å²) in [6, 6.07) is 64.9. The molecule has 2 unspecified atom stereocenters. The highest BCUT2D eigenvalue weighted by Gasteiger charge is 2.28. The lowest BCUT2D eigenvalue weighted by Crippen LogP contribution is -2.44. The molecule has 5 nitrogen and oxygen atoms in total. The van der Waals surface area contributed by atoms with Crippen molar-refractivity contribution in [3.8, 4) is 16.8 Å². The number of aromatic nitrogens is 1. The predicted molar refractivity (Wildman–Crippen MR) is 238 cm³/mol. The number of hydrogen-bond acceptors (Lipinski definition) is 5. The van der Waals surface area contributed by atoms with Crippen molar-refractivity contribution in [3.05, 3.63) is 199 Å². The minimum atomic E-state index is -0.345. The first-order chi connectivity index (χ1) is 28.3. The summed E-state index contributed by atoms with van der Waals surface area (Å²) in [7, 11) is 0. The highest BCUT2D eigenvalue weighted by Crippen LogP contribution is 2.46. The summed E-state index contributed by atoms with van der Waals surface area (Å²) in [5.41, 5.74) is 10.8. The fourth-order valence-electron chi connectivity index (χ4n) is 8.97. The van der Waals surface area contributed by atoms with E-state index in [1.807, 2.05) is 23.5 Å². The number of para-hydroxylation sites is 3. The lowest BCUT2D eigenvalue weighted by atomic mass is 9.95. The standard InChI is InChI=1S/C51H34N4OS/c1-3-14-31(15-4-1)49-52-50(32-16-5-2-6-17-32)54-51(53-49)39-23-11-22-38-46-36(20-12-26-43(46)56-48(38)39)37-21-13-27-45-47(37)40-30-33(28-29-44(40)57-45)55-41-24-9-7-18-34(41)35-19-8-10-25-42(35)55/h1-30,49,51,53H,(H,52,54). The minimum Gasteiger partial charge on any atom is -0.456 e. The van der Waals surface area contributed by atoms with E-state index < -0.39 is 0 Å². The first kappa shape index (κ1) is 32.3. The maximum absolute atomic E-state index is 6.88. The summed E-state index contributed by atoms with van der Waals surface area (Å²) in [6.07, 6.45) is -0.487. The summed E-state index contributed by atoms with van der Waals surface area (Å²) in [6.45, 7) is 0. The lowest BCUT2D eigenvalue weighted by molar-refractivity contribution is 0.408. The van der Waals surface area contributed by atoms with Crippen molar-refractivity contribution >= 4 is 81.1 Å². The molecule has 57 heavy (non-hydrogen) atoms. The van der Waals surface area contributed by atoms with Gasteiger partial charge in [-0.2, -0.15) is 0 Å². The van der Waals surface area contributed by atoms with E-state index in [2.05, 4.69) is 185 Å². The second-order valence-electron chi connectivity index (χ2n) is 14.7. The van der Waals surface area contributed by atoms with Gasteiger partial charge in [0, 0.05) is 58.5 Å². The second kappa shape index (κ2) is 12.8. The van der Waals surface area contributed by atoms with Gasteiger partial charge in [0.05, 0.1) is 11.0 Å². The van der Waals surface area contributed by atoms with Crippen LogP contribution in [0.4, 0.5) is 0 Å². The number of nitrogens with one attached hydrogen (secondary N) is 2. The van der Waals surface area contributed by atoms with Gasteiger partial charge in [0.15, 0.2) is 0 Å². The van der Waals surface area contributed by atoms with Crippen LogP contribution >= 0.6 is 11.3 Å². The van der Waals surface area contributed by atoms with E-state index >= 15 is 0 Å². The number of benzene rings is 8. The molecule has 12 rings (SSSR count). The van der Waals surface area contributed by atoms with Crippen LogP contribution in [0.5, 0.6) is 0 Å². The zero-order valence-electron chi connectivity index (χ0n) is 30.7. The van der Waals surface area contributed by atoms with Crippen molar-refractivity contribution in [1.82, 2.24) is 15.2 Å². The first-order valence-corrected chi connectivity index (χ1v) is 20.2. The van der Waals surface area contributed by atoms with E-state index in [1.165, 1.54) is 47.5 Å². The van der Waals surface area contributed by atoms with Crippen molar-refractivity contribution in [2.45, 2.75) is 12.3 Å². The van der Waals surface area contributed by atoms with Gasteiger partial charge < -0.3 is 14.3 Å². The fraction of sp³-hybridized carbons (Fsp3) is 0.0392. The molecule has 0 saturated carbocycles. The van der Waals surface area contributed by atoms with Crippen LogP contribution in [0, 0.1) is 0 Å². The van der Waals surface area contributed by atoms with E-state index in [-0.39, 0.29) is 12.3 Å². The zero-order chi connectivity index (χ0) is 37.5. The summed E-state index contributed by atoms with van der Waals surface area (Å²) >= 11 is 1.85. The van der Waals surface area contributed by atoms with Crippen molar-refractivity contribution in [2.24, 2.45) is 4.99 Å². The van der Waals surface area contributed by atoms with Gasteiger partial charge in [-0.3, -0.25) is 5.32 Å². The highest BCUT2D eigenvalue weighted by atomic mass is 32.1. The lowest BCUT2D eigenvalue weighted by Gasteiger charge is -2.32. The molecule has 8 aromatic carbocycles. The molecular weight excluding hydrogens is 717 g/mol. The third kappa shape index (κ3) is 5.08. The quantitative estimate of drug-likeness (QED) is 0.184. The van der Waals surface area contributed by atoms with Crippen molar-refractivity contribution < 1.29 is 4.42 Å². The molecule has 0 bridgehead atoms. The number of aliphatic imine (C=N–C) groups is 1. The Morgan fingerprint density at radius 3 is 2.00 bits per heavy atom. The van der Waals surface area contributed by atoms with Gasteiger partial charge in [-0.25, -0.2) is 4.99 Å². The zero-order valence-corrected chi connectivity index (χ0v) is 31.5. The highest BCUT2D eigenvalue weighted by molar-refractivity contribution is 7.26. The molecule has 0 fully saturated rings. The Labute approximate surface area is 332 Å². The summed E-state index contributed by atoms with van der Waals surface area (Å²) in [5, 5.41) is 14.7. The van der Waals surface area contributed by atoms with Gasteiger partial charge in [0.2, 0.25) is 0 Å². The summed E-state index contributed by atoms with van der Waals surface area (Å²) < 4.78 is 11.8. The Morgan fingerprint density at radius 1 is 0.544 bits per heavy atom. The molecular formula is C51H34N4OS. The van der Waals surface area contributed by atoms with Crippen molar-refractivity contribution in [2.75, 3.05) is 0 Å². The molecule has 1 aliphatic rings. The van der Waals surface area contributed by atoms with E-state index in [1.54, 1.807) is 0 Å². The van der Waals surface area contributed by atoms with Crippen molar-refractivity contribution in [1.29, 1.82) is 0 Å². The molecule has 0 saturated heterocycles. The fourth-order valence-corrected chi connectivity index (χ4v) is 10.1. The van der Waals surface area contributed by atoms with Crippen LogP contribution in [0.15, 0.2) is 191 Å². The average molecular weight is 751 g/mol. The Morgan fingerprint density at radius 2 is 1.21 bits per heavy atom. The monoisotopic (exact) mass is 750 g/mol. The number of amidine groups is 1. The molecule has 0 aliphatic carbocycles. The first-order valence-electron chi connectivity index (χ1n) is 19.4. The normalized spacial score (nSPS) is 15.9. The molecule has 270 valence electrons. The van der Waals surface area contributed by atoms with Gasteiger partial charge in [-0.05, 0) is 59.2 Å². The number of thiophene rings is 1. The Kier molecular flexibility index (Phi) is 7.24. The molecule has 1 aliphatic heterocycles. The molecule has 0 radical (unpaired) electrons. The van der Waals surface area contributed by atoms with Crippen LogP contribution in [-0.2, 0) is 0 Å². The Bertz CT molecular complexity index is 3320. The number of hydrogen-bond donors (Lipinski definition) is 2. The maximum atomic E-state index is 6.88. The van der Waals surface area contributed by atoms with Gasteiger partial charge in [-0.1, -0.05) is 140 Å². The molecule has 3 aromatic heterocycles. The average Bonchev–Trinajstić information content (AvgIpc) is 3.96. The number of nitrogens with zero attached hydrogens (tertiary/aromatic N) is 2. The van der Waals surface area contributed by atoms with Crippen LogP contribution in [0.3, 0.4) is 0 Å². The summed E-state index contributed by atoms with van der Waals surface area (Å²) in [4.78, 5) is 5.27. The molecule has 0 spiro atoms. The molecule has 0 amide bonds.